The third-order valence-electron chi connectivity index (χ3n) is 3.35. The topological polar surface area (TPSA) is 33.7 Å². The number of hydrogen-bond acceptors (Lipinski definition) is 4. The first-order chi connectivity index (χ1) is 9.08. The molecule has 0 atom stereocenters. The van der Waals surface area contributed by atoms with Gasteiger partial charge >= 0.3 is 0 Å². The summed E-state index contributed by atoms with van der Waals surface area (Å²) in [5.41, 5.74) is 0.381. The van der Waals surface area contributed by atoms with Crippen LogP contribution < -0.4 is 5.32 Å². The number of ether oxygens (including phenoxy) is 2. The second-order valence-electron chi connectivity index (χ2n) is 6.48. The summed E-state index contributed by atoms with van der Waals surface area (Å²) in [6.07, 6.45) is 2.34. The molecule has 0 radical (unpaired) electrons. The lowest BCUT2D eigenvalue weighted by atomic mass is 9.93. The van der Waals surface area contributed by atoms with E-state index in [2.05, 4.69) is 31.0 Å². The van der Waals surface area contributed by atoms with E-state index in [4.69, 9.17) is 9.47 Å². The Kier molecular flexibility index (Phi) is 8.62. The van der Waals surface area contributed by atoms with Crippen LogP contribution in [0.2, 0.25) is 0 Å². The predicted octanol–water partition coefficient (Wildman–Crippen LogP) is 1.75. The lowest BCUT2D eigenvalue weighted by Gasteiger charge is -2.26. The van der Waals surface area contributed by atoms with Crippen molar-refractivity contribution in [1.29, 1.82) is 0 Å². The van der Waals surface area contributed by atoms with Crippen LogP contribution in [0.1, 0.15) is 33.6 Å². The Morgan fingerprint density at radius 2 is 1.84 bits per heavy atom. The molecule has 4 heteroatoms. The van der Waals surface area contributed by atoms with Crippen molar-refractivity contribution in [3.8, 4) is 0 Å². The van der Waals surface area contributed by atoms with Crippen LogP contribution in [-0.4, -0.2) is 64.1 Å². The van der Waals surface area contributed by atoms with Crippen LogP contribution in [0.4, 0.5) is 0 Å². The Morgan fingerprint density at radius 1 is 1.11 bits per heavy atom. The maximum Gasteiger partial charge on any atom is 0.0594 e. The summed E-state index contributed by atoms with van der Waals surface area (Å²) in [6.45, 7) is 15.7. The van der Waals surface area contributed by atoms with Gasteiger partial charge < -0.3 is 14.8 Å². The average molecular weight is 272 g/mol. The molecule has 1 aliphatic rings. The van der Waals surface area contributed by atoms with E-state index in [1.54, 1.807) is 0 Å². The molecular formula is C15H32N2O2. The van der Waals surface area contributed by atoms with E-state index in [1.165, 1.54) is 13.0 Å². The van der Waals surface area contributed by atoms with Crippen LogP contribution in [0.15, 0.2) is 0 Å². The fourth-order valence-corrected chi connectivity index (χ4v) is 2.00. The first-order valence-corrected chi connectivity index (χ1v) is 7.66. The molecule has 1 aliphatic heterocycles. The Labute approximate surface area is 118 Å². The Balaban J connectivity index is 1.78. The van der Waals surface area contributed by atoms with Crippen molar-refractivity contribution in [3.05, 3.63) is 0 Å². The summed E-state index contributed by atoms with van der Waals surface area (Å²) in [4.78, 5) is 2.48. The molecule has 0 unspecified atom stereocenters. The van der Waals surface area contributed by atoms with Crippen LogP contribution in [0, 0.1) is 5.41 Å². The van der Waals surface area contributed by atoms with Crippen LogP contribution in [0.5, 0.6) is 0 Å². The van der Waals surface area contributed by atoms with E-state index >= 15 is 0 Å². The van der Waals surface area contributed by atoms with Gasteiger partial charge in [-0.1, -0.05) is 20.8 Å². The highest BCUT2D eigenvalue weighted by Gasteiger charge is 2.09. The standard InChI is InChI=1S/C15H32N2O2/c1-15(2,3)5-11-18-12-7-16-6-4-8-17-9-13-19-14-10-17/h16H,4-14H2,1-3H3. The molecule has 1 fully saturated rings. The summed E-state index contributed by atoms with van der Waals surface area (Å²) in [7, 11) is 0. The third-order valence-corrected chi connectivity index (χ3v) is 3.35. The minimum atomic E-state index is 0.381. The molecule has 0 aromatic carbocycles. The molecule has 0 amide bonds. The smallest absolute Gasteiger partial charge is 0.0594 e. The monoisotopic (exact) mass is 272 g/mol. The molecule has 1 heterocycles. The zero-order valence-electron chi connectivity index (χ0n) is 13.0. The van der Waals surface area contributed by atoms with Gasteiger partial charge in [0, 0.05) is 26.2 Å². The number of rotatable bonds is 9. The summed E-state index contributed by atoms with van der Waals surface area (Å²) in [5, 5.41) is 3.44. The first-order valence-electron chi connectivity index (χ1n) is 7.66. The van der Waals surface area contributed by atoms with Crippen molar-refractivity contribution < 1.29 is 9.47 Å². The maximum absolute atomic E-state index is 5.62. The highest BCUT2D eigenvalue weighted by molar-refractivity contribution is 4.62. The predicted molar refractivity (Wildman–Crippen MR) is 79.6 cm³/mol. The molecule has 0 bridgehead atoms. The lowest BCUT2D eigenvalue weighted by Crippen LogP contribution is -2.37. The van der Waals surface area contributed by atoms with E-state index in [9.17, 15) is 0 Å². The van der Waals surface area contributed by atoms with E-state index in [1.807, 2.05) is 0 Å². The molecule has 0 saturated carbocycles. The Bertz CT molecular complexity index is 211. The third kappa shape index (κ3) is 10.3. The van der Waals surface area contributed by atoms with Crippen molar-refractivity contribution in [2.45, 2.75) is 33.6 Å². The summed E-state index contributed by atoms with van der Waals surface area (Å²) in [5.74, 6) is 0. The van der Waals surface area contributed by atoms with Gasteiger partial charge in [-0.15, -0.1) is 0 Å². The van der Waals surface area contributed by atoms with Gasteiger partial charge in [0.15, 0.2) is 0 Å². The molecule has 1 rings (SSSR count). The van der Waals surface area contributed by atoms with Crippen molar-refractivity contribution >= 4 is 0 Å². The van der Waals surface area contributed by atoms with Gasteiger partial charge in [-0.25, -0.2) is 0 Å². The number of nitrogens with one attached hydrogen (secondary N) is 1. The maximum atomic E-state index is 5.62. The zero-order chi connectivity index (χ0) is 14.0. The van der Waals surface area contributed by atoms with Crippen molar-refractivity contribution in [2.75, 3.05) is 59.2 Å². The SMILES string of the molecule is CC(C)(C)CCOCCNCCCN1CCOCC1. The molecule has 4 nitrogen and oxygen atoms in total. The molecule has 114 valence electrons. The van der Waals surface area contributed by atoms with E-state index < -0.39 is 0 Å². The molecule has 1 N–H and O–H groups in total. The molecule has 0 aliphatic carbocycles. The van der Waals surface area contributed by atoms with E-state index in [-0.39, 0.29) is 0 Å². The fraction of sp³-hybridized carbons (Fsp3) is 1.00. The summed E-state index contributed by atoms with van der Waals surface area (Å²) >= 11 is 0. The number of nitrogens with zero attached hydrogens (tertiary/aromatic N) is 1. The zero-order valence-corrected chi connectivity index (χ0v) is 13.0. The van der Waals surface area contributed by atoms with Crippen molar-refractivity contribution in [3.63, 3.8) is 0 Å². The van der Waals surface area contributed by atoms with Gasteiger partial charge in [0.25, 0.3) is 0 Å². The van der Waals surface area contributed by atoms with Gasteiger partial charge in [-0.3, -0.25) is 4.90 Å². The van der Waals surface area contributed by atoms with Crippen LogP contribution in [0.3, 0.4) is 0 Å². The van der Waals surface area contributed by atoms with E-state index in [0.29, 0.717) is 5.41 Å². The van der Waals surface area contributed by atoms with Gasteiger partial charge in [0.1, 0.15) is 0 Å². The Hall–Kier alpha value is -0.160. The van der Waals surface area contributed by atoms with E-state index in [0.717, 1.165) is 59.0 Å². The molecule has 19 heavy (non-hydrogen) atoms. The highest BCUT2D eigenvalue weighted by atomic mass is 16.5. The highest BCUT2D eigenvalue weighted by Crippen LogP contribution is 2.17. The minimum Gasteiger partial charge on any atom is -0.380 e. The fourth-order valence-electron chi connectivity index (χ4n) is 2.00. The summed E-state index contributed by atoms with van der Waals surface area (Å²) < 4.78 is 10.9. The van der Waals surface area contributed by atoms with Crippen LogP contribution >= 0.6 is 0 Å². The number of morpholine rings is 1. The van der Waals surface area contributed by atoms with Crippen molar-refractivity contribution in [1.82, 2.24) is 10.2 Å². The average Bonchev–Trinajstić information content (AvgIpc) is 2.37. The van der Waals surface area contributed by atoms with Gasteiger partial charge in [-0.2, -0.15) is 0 Å². The molecule has 0 aromatic rings. The number of hydrogen-bond donors (Lipinski definition) is 1. The lowest BCUT2D eigenvalue weighted by molar-refractivity contribution is 0.0374. The first kappa shape index (κ1) is 16.9. The quantitative estimate of drug-likeness (QED) is 0.648. The Morgan fingerprint density at radius 3 is 2.53 bits per heavy atom. The van der Waals surface area contributed by atoms with Crippen LogP contribution in [0.25, 0.3) is 0 Å². The summed E-state index contributed by atoms with van der Waals surface area (Å²) in [6, 6.07) is 0. The van der Waals surface area contributed by atoms with Crippen molar-refractivity contribution in [2.24, 2.45) is 5.41 Å². The van der Waals surface area contributed by atoms with Gasteiger partial charge in [-0.05, 0) is 31.3 Å². The minimum absolute atomic E-state index is 0.381. The van der Waals surface area contributed by atoms with Gasteiger partial charge in [0.05, 0.1) is 19.8 Å². The van der Waals surface area contributed by atoms with Gasteiger partial charge in [0.2, 0.25) is 0 Å². The molecule has 0 spiro atoms. The molecule has 1 saturated heterocycles. The van der Waals surface area contributed by atoms with Crippen LogP contribution in [-0.2, 0) is 9.47 Å². The molecular weight excluding hydrogens is 240 g/mol. The second-order valence-corrected chi connectivity index (χ2v) is 6.48. The normalized spacial score (nSPS) is 17.8. The second kappa shape index (κ2) is 9.70. The largest absolute Gasteiger partial charge is 0.380 e. The molecule has 0 aromatic heterocycles.